The first-order chi connectivity index (χ1) is 30.4. The van der Waals surface area contributed by atoms with Crippen LogP contribution in [-0.2, 0) is 29.3 Å². The molecular weight excluding hydrogens is 832 g/mol. The lowest BCUT2D eigenvalue weighted by molar-refractivity contribution is -0.262. The molecule has 4 atom stereocenters. The van der Waals surface area contributed by atoms with Gasteiger partial charge in [0.1, 0.15) is 35.0 Å². The molecule has 4 aromatic rings. The van der Waals surface area contributed by atoms with E-state index in [2.05, 4.69) is 56.1 Å². The standard InChI is InChI=1S/C50H64N4O9P/c1-12-28-61-64(53(34(2)3)35(4)5)63-43-29-45(52-32-37(46(55)51-47(52)56)19-18-36-30-48(6,7)54(57)49(8,9)31-36)62-44(43)33-60-50(38-16-14-13-15-17-38,39-20-24-41(58-10)25-21-39)40-22-26-42(59-11)27-23-40/h13-17,20-27,30,32,34-35,43-45H,12,28-29,31,33H2,1-11H3,(H,51,55,56)/t43-,44+,45+,64?/m0/s1. The van der Waals surface area contributed by atoms with Gasteiger partial charge in [-0.2, -0.15) is 0 Å². The highest BCUT2D eigenvalue weighted by Crippen LogP contribution is 2.51. The summed E-state index contributed by atoms with van der Waals surface area (Å²) < 4.78 is 42.5. The average Bonchev–Trinajstić information content (AvgIpc) is 3.66. The molecule has 1 saturated heterocycles. The molecule has 0 aliphatic carbocycles. The fourth-order valence-corrected chi connectivity index (χ4v) is 10.5. The van der Waals surface area contributed by atoms with Crippen LogP contribution >= 0.6 is 8.53 Å². The van der Waals surface area contributed by atoms with E-state index in [1.807, 2.05) is 113 Å². The van der Waals surface area contributed by atoms with Gasteiger partial charge in [-0.1, -0.05) is 79.4 Å². The summed E-state index contributed by atoms with van der Waals surface area (Å²) in [6, 6.07) is 25.8. The van der Waals surface area contributed by atoms with Gasteiger partial charge in [0.05, 0.1) is 39.1 Å². The average molecular weight is 896 g/mol. The molecule has 0 spiro atoms. The molecule has 1 radical (unpaired) electrons. The quantitative estimate of drug-likeness (QED) is 0.0622. The Bertz CT molecular complexity index is 2330. The zero-order valence-electron chi connectivity index (χ0n) is 39.0. The van der Waals surface area contributed by atoms with Crippen molar-refractivity contribution in [2.75, 3.05) is 27.4 Å². The number of benzene rings is 3. The van der Waals surface area contributed by atoms with E-state index in [0.717, 1.165) is 33.7 Å². The van der Waals surface area contributed by atoms with Crippen molar-refractivity contribution in [2.45, 2.75) is 129 Å². The Morgan fingerprint density at radius 3 is 1.98 bits per heavy atom. The van der Waals surface area contributed by atoms with Gasteiger partial charge in [0.2, 0.25) is 0 Å². The second-order valence-corrected chi connectivity index (χ2v) is 19.4. The van der Waals surface area contributed by atoms with Gasteiger partial charge < -0.3 is 28.0 Å². The van der Waals surface area contributed by atoms with Crippen LogP contribution in [0.2, 0.25) is 0 Å². The minimum Gasteiger partial charge on any atom is -0.497 e. The fraction of sp³-hybridized carbons (Fsp3) is 0.480. The molecule has 343 valence electrons. The van der Waals surface area contributed by atoms with E-state index in [4.69, 9.17) is 28.0 Å². The molecule has 0 bridgehead atoms. The van der Waals surface area contributed by atoms with Crippen LogP contribution in [0.1, 0.15) is 110 Å². The van der Waals surface area contributed by atoms with Gasteiger partial charge in [-0.25, -0.2) is 9.46 Å². The molecule has 2 aliphatic heterocycles. The molecule has 13 nitrogen and oxygen atoms in total. The maximum absolute atomic E-state index is 13.7. The molecule has 3 heterocycles. The highest BCUT2D eigenvalue weighted by Gasteiger charge is 2.46. The Morgan fingerprint density at radius 1 is 0.875 bits per heavy atom. The Balaban J connectivity index is 1.44. The molecule has 14 heteroatoms. The maximum atomic E-state index is 13.7. The predicted molar refractivity (Wildman–Crippen MR) is 249 cm³/mol. The number of aromatic amines is 1. The van der Waals surface area contributed by atoms with Crippen molar-refractivity contribution in [3.05, 3.63) is 140 Å². The molecule has 0 saturated carbocycles. The number of hydroxylamine groups is 2. The van der Waals surface area contributed by atoms with Gasteiger partial charge in [0.15, 0.2) is 0 Å². The number of aromatic nitrogens is 2. The van der Waals surface area contributed by atoms with Crippen molar-refractivity contribution in [3.63, 3.8) is 0 Å². The van der Waals surface area contributed by atoms with Crippen LogP contribution in [-0.4, -0.2) is 82.1 Å². The van der Waals surface area contributed by atoms with Crippen molar-refractivity contribution in [1.29, 1.82) is 0 Å². The van der Waals surface area contributed by atoms with Crippen molar-refractivity contribution in [3.8, 4) is 23.3 Å². The second kappa shape index (κ2) is 20.7. The molecule has 3 aromatic carbocycles. The SMILES string of the molecule is CCCOP(O[C@H]1C[C@H](n2cc(C#CC3=CC(C)(C)N([O])C(C)(C)C3)c(=O)[nH]c2=O)O[C@@H]1COC(c1ccccc1)(c1ccc(OC)cc1)c1ccc(OC)cc1)N(C(C)C)C(C)C. The summed E-state index contributed by atoms with van der Waals surface area (Å²) in [5.74, 6) is 7.53. The topological polar surface area (TPSA) is 137 Å². The number of hydrogen-bond acceptors (Lipinski definition) is 10. The summed E-state index contributed by atoms with van der Waals surface area (Å²) >= 11 is 0. The number of ether oxygens (including phenoxy) is 4. The van der Waals surface area contributed by atoms with E-state index in [1.165, 1.54) is 10.8 Å². The summed E-state index contributed by atoms with van der Waals surface area (Å²) in [6.07, 6.45) is 2.51. The smallest absolute Gasteiger partial charge is 0.330 e. The van der Waals surface area contributed by atoms with Crippen molar-refractivity contribution in [1.82, 2.24) is 19.3 Å². The summed E-state index contributed by atoms with van der Waals surface area (Å²) in [5.41, 5.74) is -0.523. The fourth-order valence-electron chi connectivity index (χ4n) is 8.69. The first-order valence-corrected chi connectivity index (χ1v) is 23.2. The molecule has 64 heavy (non-hydrogen) atoms. The van der Waals surface area contributed by atoms with Crippen LogP contribution in [0.4, 0.5) is 0 Å². The zero-order chi connectivity index (χ0) is 46.4. The third kappa shape index (κ3) is 10.7. The van der Waals surface area contributed by atoms with Gasteiger partial charge in [0, 0.05) is 42.2 Å². The number of rotatable bonds is 17. The minimum absolute atomic E-state index is 0.0235. The first kappa shape index (κ1) is 48.8. The molecule has 1 N–H and O–H groups in total. The van der Waals surface area contributed by atoms with Gasteiger partial charge in [0.25, 0.3) is 14.1 Å². The number of methoxy groups -OCH3 is 2. The van der Waals surface area contributed by atoms with E-state index in [0.29, 0.717) is 24.5 Å². The summed E-state index contributed by atoms with van der Waals surface area (Å²) in [5, 5.41) is 14.1. The largest absolute Gasteiger partial charge is 0.497 e. The van der Waals surface area contributed by atoms with Crippen LogP contribution in [0, 0.1) is 11.8 Å². The number of hydrogen-bond donors (Lipinski definition) is 1. The molecule has 2 aliphatic rings. The lowest BCUT2D eigenvalue weighted by Crippen LogP contribution is -2.54. The molecule has 0 amide bonds. The van der Waals surface area contributed by atoms with E-state index in [9.17, 15) is 14.8 Å². The molecule has 6 rings (SSSR count). The zero-order valence-corrected chi connectivity index (χ0v) is 39.9. The lowest BCUT2D eigenvalue weighted by atomic mass is 9.80. The van der Waals surface area contributed by atoms with Crippen LogP contribution in [0.25, 0.3) is 0 Å². The Labute approximate surface area is 379 Å². The van der Waals surface area contributed by atoms with Crippen LogP contribution in [0.5, 0.6) is 11.5 Å². The highest BCUT2D eigenvalue weighted by atomic mass is 31.2. The van der Waals surface area contributed by atoms with Crippen LogP contribution < -0.4 is 20.7 Å². The second-order valence-electron chi connectivity index (χ2n) is 18.0. The summed E-state index contributed by atoms with van der Waals surface area (Å²) in [6.45, 7) is 18.5. The van der Waals surface area contributed by atoms with E-state index in [-0.39, 0.29) is 30.7 Å². The van der Waals surface area contributed by atoms with Crippen molar-refractivity contribution in [2.24, 2.45) is 0 Å². The lowest BCUT2D eigenvalue weighted by Gasteiger charge is -2.44. The van der Waals surface area contributed by atoms with E-state index >= 15 is 0 Å². The first-order valence-electron chi connectivity index (χ1n) is 22.0. The molecule has 1 unspecified atom stereocenters. The normalized spacial score (nSPS) is 20.2. The minimum atomic E-state index is -1.60. The van der Waals surface area contributed by atoms with Crippen LogP contribution in [0.3, 0.4) is 0 Å². The Morgan fingerprint density at radius 2 is 1.45 bits per heavy atom. The number of nitrogens with one attached hydrogen (secondary N) is 1. The summed E-state index contributed by atoms with van der Waals surface area (Å²) in [4.78, 5) is 29.5. The van der Waals surface area contributed by atoms with Crippen LogP contribution in [0.15, 0.2) is 106 Å². The monoisotopic (exact) mass is 895 g/mol. The van der Waals surface area contributed by atoms with Gasteiger partial charge in [-0.15, -0.1) is 10.3 Å². The third-order valence-corrected chi connectivity index (χ3v) is 13.7. The number of nitrogens with zero attached hydrogens (tertiary/aromatic N) is 3. The molecule has 1 fully saturated rings. The van der Waals surface area contributed by atoms with Gasteiger partial charge >= 0.3 is 5.69 Å². The van der Waals surface area contributed by atoms with E-state index < -0.39 is 54.9 Å². The van der Waals surface area contributed by atoms with Crippen molar-refractivity contribution >= 4 is 8.53 Å². The van der Waals surface area contributed by atoms with Crippen molar-refractivity contribution < 1.29 is 33.2 Å². The van der Waals surface area contributed by atoms with Gasteiger partial charge in [-0.3, -0.25) is 14.3 Å². The predicted octanol–water partition coefficient (Wildman–Crippen LogP) is 8.89. The molecule has 1 aromatic heterocycles. The Kier molecular flexibility index (Phi) is 15.8. The third-order valence-electron chi connectivity index (χ3n) is 11.6. The van der Waals surface area contributed by atoms with E-state index in [1.54, 1.807) is 14.2 Å². The Hall–Kier alpha value is -4.61. The molecular formula is C50H64N4O9P. The highest BCUT2D eigenvalue weighted by molar-refractivity contribution is 7.44. The number of H-pyrrole nitrogens is 1. The maximum Gasteiger partial charge on any atom is 0.330 e. The van der Waals surface area contributed by atoms with Gasteiger partial charge in [-0.05, 0) is 103 Å². The summed E-state index contributed by atoms with van der Waals surface area (Å²) in [7, 11) is 1.67.